The zero-order valence-corrected chi connectivity index (χ0v) is 9.46. The zero-order valence-electron chi connectivity index (χ0n) is 9.46. The molecule has 7 heteroatoms. The number of benzene rings is 1. The van der Waals surface area contributed by atoms with E-state index < -0.39 is 42.8 Å². The Labute approximate surface area is 102 Å². The lowest BCUT2D eigenvalue weighted by Crippen LogP contribution is -2.54. The highest BCUT2D eigenvalue weighted by molar-refractivity contribution is 5.20. The van der Waals surface area contributed by atoms with Gasteiger partial charge in [-0.1, -0.05) is 0 Å². The fraction of sp³-hybridized carbons (Fsp3) is 0.455. The SMILES string of the molecule is OCC(CO)(CO)NCc1cc(F)c(F)cc1F. The quantitative estimate of drug-likeness (QED) is 0.542. The zero-order chi connectivity index (χ0) is 13.8. The van der Waals surface area contributed by atoms with Crippen molar-refractivity contribution in [2.75, 3.05) is 19.8 Å². The molecule has 0 atom stereocenters. The summed E-state index contributed by atoms with van der Waals surface area (Å²) in [4.78, 5) is 0. The highest BCUT2D eigenvalue weighted by atomic mass is 19.2. The average molecular weight is 265 g/mol. The van der Waals surface area contributed by atoms with Crippen LogP contribution in [0.1, 0.15) is 5.56 Å². The lowest BCUT2D eigenvalue weighted by Gasteiger charge is -2.28. The Bertz CT molecular complexity index is 403. The van der Waals surface area contributed by atoms with E-state index in [1.54, 1.807) is 0 Å². The summed E-state index contributed by atoms with van der Waals surface area (Å²) in [6.07, 6.45) is 0. The van der Waals surface area contributed by atoms with Gasteiger partial charge in [0.25, 0.3) is 0 Å². The van der Waals surface area contributed by atoms with Crippen molar-refractivity contribution in [3.63, 3.8) is 0 Å². The predicted molar refractivity (Wildman–Crippen MR) is 57.1 cm³/mol. The predicted octanol–water partition coefficient (Wildman–Crippen LogP) is -0.0908. The van der Waals surface area contributed by atoms with E-state index in [2.05, 4.69) is 5.32 Å². The minimum atomic E-state index is -1.41. The van der Waals surface area contributed by atoms with Crippen LogP contribution in [-0.4, -0.2) is 40.7 Å². The Morgan fingerprint density at radius 3 is 1.89 bits per heavy atom. The van der Waals surface area contributed by atoms with Gasteiger partial charge in [0, 0.05) is 18.2 Å². The first-order chi connectivity index (χ1) is 8.48. The van der Waals surface area contributed by atoms with Gasteiger partial charge in [0.2, 0.25) is 0 Å². The van der Waals surface area contributed by atoms with Gasteiger partial charge in [-0.3, -0.25) is 0 Å². The molecule has 0 saturated heterocycles. The second-order valence-electron chi connectivity index (χ2n) is 3.97. The summed E-state index contributed by atoms with van der Waals surface area (Å²) in [5.74, 6) is -3.45. The van der Waals surface area contributed by atoms with Crippen LogP contribution in [0.5, 0.6) is 0 Å². The molecule has 0 amide bonds. The fourth-order valence-electron chi connectivity index (χ4n) is 1.30. The fourth-order valence-corrected chi connectivity index (χ4v) is 1.30. The molecule has 1 rings (SSSR count). The molecule has 4 N–H and O–H groups in total. The lowest BCUT2D eigenvalue weighted by atomic mass is 10.0. The van der Waals surface area contributed by atoms with E-state index in [0.717, 1.165) is 0 Å². The van der Waals surface area contributed by atoms with Crippen LogP contribution < -0.4 is 5.32 Å². The first kappa shape index (κ1) is 14.9. The topological polar surface area (TPSA) is 72.7 Å². The van der Waals surface area contributed by atoms with Crippen LogP contribution in [0.4, 0.5) is 13.2 Å². The number of aliphatic hydroxyl groups is 3. The number of nitrogens with one attached hydrogen (secondary N) is 1. The van der Waals surface area contributed by atoms with E-state index in [1.165, 1.54) is 0 Å². The van der Waals surface area contributed by atoms with Crippen LogP contribution >= 0.6 is 0 Å². The van der Waals surface area contributed by atoms with Crippen LogP contribution in [0.25, 0.3) is 0 Å². The standard InChI is InChI=1S/C11H14F3NO3/c12-8-2-10(14)9(13)1-7(8)3-15-11(4-16,5-17)6-18/h1-2,15-18H,3-6H2. The van der Waals surface area contributed by atoms with Crippen LogP contribution in [0, 0.1) is 17.5 Å². The van der Waals surface area contributed by atoms with E-state index in [4.69, 9.17) is 15.3 Å². The molecule has 0 unspecified atom stereocenters. The summed E-state index contributed by atoms with van der Waals surface area (Å²) in [7, 11) is 0. The molecule has 0 aromatic heterocycles. The lowest BCUT2D eigenvalue weighted by molar-refractivity contribution is 0.0411. The molecule has 0 saturated carbocycles. The number of hydrogen-bond donors (Lipinski definition) is 4. The van der Waals surface area contributed by atoms with E-state index in [-0.39, 0.29) is 12.1 Å². The summed E-state index contributed by atoms with van der Waals surface area (Å²) in [5, 5.41) is 29.5. The van der Waals surface area contributed by atoms with E-state index in [0.29, 0.717) is 12.1 Å². The Morgan fingerprint density at radius 2 is 1.39 bits per heavy atom. The van der Waals surface area contributed by atoms with Gasteiger partial charge >= 0.3 is 0 Å². The van der Waals surface area contributed by atoms with Crippen molar-refractivity contribution < 1.29 is 28.5 Å². The first-order valence-electron chi connectivity index (χ1n) is 5.19. The second-order valence-corrected chi connectivity index (χ2v) is 3.97. The normalized spacial score (nSPS) is 11.9. The Morgan fingerprint density at radius 1 is 0.889 bits per heavy atom. The third-order valence-corrected chi connectivity index (χ3v) is 2.65. The smallest absolute Gasteiger partial charge is 0.161 e. The monoisotopic (exact) mass is 265 g/mol. The van der Waals surface area contributed by atoms with E-state index >= 15 is 0 Å². The van der Waals surface area contributed by atoms with Crippen molar-refractivity contribution in [2.45, 2.75) is 12.1 Å². The van der Waals surface area contributed by atoms with Gasteiger partial charge in [-0.2, -0.15) is 0 Å². The Balaban J connectivity index is 2.83. The molecule has 0 aliphatic carbocycles. The summed E-state index contributed by atoms with van der Waals surface area (Å²) >= 11 is 0. The molecule has 0 spiro atoms. The Kier molecular flexibility index (Phi) is 5.09. The minimum Gasteiger partial charge on any atom is -0.394 e. The third kappa shape index (κ3) is 3.20. The van der Waals surface area contributed by atoms with Crippen molar-refractivity contribution in [3.8, 4) is 0 Å². The van der Waals surface area contributed by atoms with Gasteiger partial charge < -0.3 is 20.6 Å². The van der Waals surface area contributed by atoms with Gasteiger partial charge in [0.15, 0.2) is 11.6 Å². The van der Waals surface area contributed by atoms with Crippen molar-refractivity contribution in [2.24, 2.45) is 0 Å². The van der Waals surface area contributed by atoms with Gasteiger partial charge in [-0.05, 0) is 6.07 Å². The maximum absolute atomic E-state index is 13.3. The first-order valence-corrected chi connectivity index (χ1v) is 5.19. The number of hydrogen-bond acceptors (Lipinski definition) is 4. The number of aliphatic hydroxyl groups excluding tert-OH is 3. The van der Waals surface area contributed by atoms with E-state index in [1.807, 2.05) is 0 Å². The van der Waals surface area contributed by atoms with E-state index in [9.17, 15) is 13.2 Å². The number of halogens is 3. The molecular formula is C11H14F3NO3. The van der Waals surface area contributed by atoms with Crippen molar-refractivity contribution in [1.29, 1.82) is 0 Å². The molecule has 102 valence electrons. The molecule has 0 aliphatic rings. The highest BCUT2D eigenvalue weighted by Crippen LogP contribution is 2.14. The second kappa shape index (κ2) is 6.14. The number of rotatable bonds is 6. The molecule has 0 aliphatic heterocycles. The average Bonchev–Trinajstić information content (AvgIpc) is 2.37. The Hall–Kier alpha value is -1.15. The highest BCUT2D eigenvalue weighted by Gasteiger charge is 2.27. The van der Waals surface area contributed by atoms with Crippen LogP contribution in [0.15, 0.2) is 12.1 Å². The van der Waals surface area contributed by atoms with Gasteiger partial charge in [0.1, 0.15) is 5.82 Å². The van der Waals surface area contributed by atoms with Gasteiger partial charge in [-0.15, -0.1) is 0 Å². The maximum Gasteiger partial charge on any atom is 0.161 e. The third-order valence-electron chi connectivity index (χ3n) is 2.65. The summed E-state index contributed by atoms with van der Waals surface area (Å²) in [6.45, 7) is -2.05. The van der Waals surface area contributed by atoms with Crippen LogP contribution in [-0.2, 0) is 6.54 Å². The molecule has 1 aromatic rings. The van der Waals surface area contributed by atoms with Crippen LogP contribution in [0.3, 0.4) is 0 Å². The van der Waals surface area contributed by atoms with Crippen LogP contribution in [0.2, 0.25) is 0 Å². The molecule has 0 fully saturated rings. The summed E-state index contributed by atoms with van der Waals surface area (Å²) in [5.41, 5.74) is -1.58. The van der Waals surface area contributed by atoms with Gasteiger partial charge in [-0.25, -0.2) is 13.2 Å². The molecule has 18 heavy (non-hydrogen) atoms. The summed E-state index contributed by atoms with van der Waals surface area (Å²) < 4.78 is 38.9. The molecule has 4 nitrogen and oxygen atoms in total. The summed E-state index contributed by atoms with van der Waals surface area (Å²) in [6, 6.07) is 1.08. The van der Waals surface area contributed by atoms with Crippen molar-refractivity contribution in [1.82, 2.24) is 5.32 Å². The largest absolute Gasteiger partial charge is 0.394 e. The minimum absolute atomic E-state index is 0.173. The van der Waals surface area contributed by atoms with Gasteiger partial charge in [0.05, 0.1) is 25.4 Å². The molecule has 0 bridgehead atoms. The molecule has 0 heterocycles. The molecule has 0 radical (unpaired) electrons. The van der Waals surface area contributed by atoms with Crippen molar-refractivity contribution in [3.05, 3.63) is 35.1 Å². The maximum atomic E-state index is 13.3. The molecule has 1 aromatic carbocycles. The molecular weight excluding hydrogens is 251 g/mol. The van der Waals surface area contributed by atoms with Crippen molar-refractivity contribution >= 4 is 0 Å².